The monoisotopic (exact) mass is 452 g/mol. The zero-order valence-corrected chi connectivity index (χ0v) is 22.1. The van der Waals surface area contributed by atoms with Gasteiger partial charge in [0.05, 0.1) is 6.04 Å². The second-order valence-corrected chi connectivity index (χ2v) is 10.2. The van der Waals surface area contributed by atoms with Crippen molar-refractivity contribution in [3.05, 3.63) is 11.6 Å². The third-order valence-corrected chi connectivity index (χ3v) is 6.82. The lowest BCUT2D eigenvalue weighted by Crippen LogP contribution is -2.54. The molecular weight excluding hydrogens is 404 g/mol. The van der Waals surface area contributed by atoms with Crippen LogP contribution in [0.1, 0.15) is 94.4 Å². The molecule has 0 spiro atoms. The molecule has 0 bridgehead atoms. The number of amides is 2. The molecule has 0 rings (SSSR count). The lowest BCUT2D eigenvalue weighted by Gasteiger charge is -2.37. The molecular formula is C26H48N2O4. The van der Waals surface area contributed by atoms with Crippen molar-refractivity contribution in [2.45, 2.75) is 107 Å². The molecule has 6 nitrogen and oxygen atoms in total. The van der Waals surface area contributed by atoms with Gasteiger partial charge in [0.1, 0.15) is 6.04 Å². The Morgan fingerprint density at radius 1 is 1.03 bits per heavy atom. The van der Waals surface area contributed by atoms with Crippen LogP contribution in [0.15, 0.2) is 11.6 Å². The van der Waals surface area contributed by atoms with E-state index in [9.17, 15) is 19.5 Å². The van der Waals surface area contributed by atoms with E-state index in [1.165, 1.54) is 6.92 Å². The van der Waals surface area contributed by atoms with Crippen molar-refractivity contribution in [1.29, 1.82) is 0 Å². The average Bonchev–Trinajstić information content (AvgIpc) is 2.73. The third kappa shape index (κ3) is 8.59. The summed E-state index contributed by atoms with van der Waals surface area (Å²) < 4.78 is 0. The van der Waals surface area contributed by atoms with Crippen LogP contribution in [0.25, 0.3) is 0 Å². The van der Waals surface area contributed by atoms with Gasteiger partial charge in [0, 0.05) is 18.0 Å². The fraction of sp³-hybridized carbons (Fsp3) is 0.808. The SMILES string of the molecule is CCC(C)CC(CC)(CC)C(=O)N[C@@H](CC(C)C)C(=O)N(C)[C@H](/C=C(\C)C(=O)O)C(C)C. The van der Waals surface area contributed by atoms with Crippen LogP contribution in [0.4, 0.5) is 0 Å². The molecule has 2 N–H and O–H groups in total. The molecule has 0 fully saturated rings. The number of hydrogen-bond donors (Lipinski definition) is 2. The van der Waals surface area contributed by atoms with Crippen molar-refractivity contribution in [3.8, 4) is 0 Å². The van der Waals surface area contributed by atoms with E-state index in [2.05, 4.69) is 19.2 Å². The van der Waals surface area contributed by atoms with Gasteiger partial charge in [0.25, 0.3) is 0 Å². The van der Waals surface area contributed by atoms with Gasteiger partial charge in [-0.15, -0.1) is 0 Å². The first-order chi connectivity index (χ1) is 14.8. The predicted molar refractivity (Wildman–Crippen MR) is 131 cm³/mol. The molecule has 0 saturated carbocycles. The Kier molecular flexibility index (Phi) is 12.9. The van der Waals surface area contributed by atoms with Crippen LogP contribution in [0.3, 0.4) is 0 Å². The van der Waals surface area contributed by atoms with Gasteiger partial charge in [-0.05, 0) is 50.4 Å². The third-order valence-electron chi connectivity index (χ3n) is 6.82. The van der Waals surface area contributed by atoms with E-state index >= 15 is 0 Å². The Morgan fingerprint density at radius 2 is 1.56 bits per heavy atom. The maximum Gasteiger partial charge on any atom is 0.331 e. The first-order valence-electron chi connectivity index (χ1n) is 12.2. The largest absolute Gasteiger partial charge is 0.478 e. The minimum atomic E-state index is -0.996. The van der Waals surface area contributed by atoms with Crippen LogP contribution in [0, 0.1) is 23.2 Å². The number of rotatable bonds is 14. The first-order valence-corrected chi connectivity index (χ1v) is 12.2. The Morgan fingerprint density at radius 3 is 1.94 bits per heavy atom. The van der Waals surface area contributed by atoms with E-state index in [-0.39, 0.29) is 35.3 Å². The Labute approximate surface area is 196 Å². The van der Waals surface area contributed by atoms with Gasteiger partial charge in [-0.25, -0.2) is 4.79 Å². The van der Waals surface area contributed by atoms with E-state index < -0.39 is 17.4 Å². The van der Waals surface area contributed by atoms with E-state index in [0.29, 0.717) is 12.3 Å². The Hall–Kier alpha value is -1.85. The van der Waals surface area contributed by atoms with E-state index in [0.717, 1.165) is 25.7 Å². The van der Waals surface area contributed by atoms with E-state index in [4.69, 9.17) is 0 Å². The predicted octanol–water partition coefficient (Wildman–Crippen LogP) is 5.27. The minimum absolute atomic E-state index is 0.0319. The molecule has 0 aromatic rings. The molecule has 0 saturated heterocycles. The summed E-state index contributed by atoms with van der Waals surface area (Å²) in [6.07, 6.45) is 5.44. The highest BCUT2D eigenvalue weighted by atomic mass is 16.4. The molecule has 2 amide bonds. The highest BCUT2D eigenvalue weighted by Crippen LogP contribution is 2.35. The smallest absolute Gasteiger partial charge is 0.331 e. The zero-order valence-electron chi connectivity index (χ0n) is 22.1. The summed E-state index contributed by atoms with van der Waals surface area (Å²) in [4.78, 5) is 40.0. The van der Waals surface area contributed by atoms with Gasteiger partial charge in [0.2, 0.25) is 11.8 Å². The van der Waals surface area contributed by atoms with Crippen LogP contribution in [0.2, 0.25) is 0 Å². The fourth-order valence-electron chi connectivity index (χ4n) is 4.24. The van der Waals surface area contributed by atoms with Gasteiger partial charge in [-0.3, -0.25) is 9.59 Å². The highest BCUT2D eigenvalue weighted by Gasteiger charge is 2.39. The molecule has 0 aliphatic rings. The molecule has 0 aliphatic carbocycles. The minimum Gasteiger partial charge on any atom is -0.478 e. The number of carbonyl (C=O) groups is 3. The molecule has 186 valence electrons. The number of nitrogens with zero attached hydrogens (tertiary/aromatic N) is 1. The molecule has 32 heavy (non-hydrogen) atoms. The number of carbonyl (C=O) groups excluding carboxylic acids is 2. The van der Waals surface area contributed by atoms with Crippen LogP contribution < -0.4 is 5.32 Å². The van der Waals surface area contributed by atoms with E-state index in [1.807, 2.05) is 41.5 Å². The quantitative estimate of drug-likeness (QED) is 0.351. The Bertz CT molecular complexity index is 650. The summed E-state index contributed by atoms with van der Waals surface area (Å²) in [6, 6.07) is -1.01. The number of hydrogen-bond acceptors (Lipinski definition) is 3. The van der Waals surface area contributed by atoms with Gasteiger partial charge in [-0.2, -0.15) is 0 Å². The molecule has 0 heterocycles. The van der Waals surface area contributed by atoms with Crippen LogP contribution >= 0.6 is 0 Å². The number of carboxylic acid groups (broad SMARTS) is 1. The van der Waals surface area contributed by atoms with Crippen LogP contribution in [-0.4, -0.2) is 46.9 Å². The first kappa shape index (κ1) is 30.1. The van der Waals surface area contributed by atoms with Crippen molar-refractivity contribution in [3.63, 3.8) is 0 Å². The second kappa shape index (κ2) is 13.6. The zero-order chi connectivity index (χ0) is 25.2. The van der Waals surface area contributed by atoms with Crippen molar-refractivity contribution >= 4 is 17.8 Å². The van der Waals surface area contributed by atoms with E-state index in [1.54, 1.807) is 18.0 Å². The van der Waals surface area contributed by atoms with Crippen molar-refractivity contribution in [1.82, 2.24) is 10.2 Å². The lowest BCUT2D eigenvalue weighted by molar-refractivity contribution is -0.141. The second-order valence-electron chi connectivity index (χ2n) is 10.2. The average molecular weight is 453 g/mol. The maximum atomic E-state index is 13.5. The fourth-order valence-corrected chi connectivity index (χ4v) is 4.24. The molecule has 0 aromatic heterocycles. The number of nitrogens with one attached hydrogen (secondary N) is 1. The van der Waals surface area contributed by atoms with Crippen molar-refractivity contribution in [2.75, 3.05) is 7.05 Å². The molecule has 0 radical (unpaired) electrons. The van der Waals surface area contributed by atoms with Crippen molar-refractivity contribution < 1.29 is 19.5 Å². The molecule has 6 heteroatoms. The summed E-state index contributed by atoms with van der Waals surface area (Å²) in [5.74, 6) is -0.539. The molecule has 0 aliphatic heterocycles. The number of likely N-dealkylation sites (N-methyl/N-ethyl adjacent to an activating group) is 1. The summed E-state index contributed by atoms with van der Waals surface area (Å²) in [5.41, 5.74) is -0.279. The summed E-state index contributed by atoms with van der Waals surface area (Å²) in [7, 11) is 1.70. The maximum absolute atomic E-state index is 13.5. The molecule has 3 atom stereocenters. The normalized spacial score (nSPS) is 15.4. The van der Waals surface area contributed by atoms with Crippen LogP contribution in [0.5, 0.6) is 0 Å². The Balaban J connectivity index is 5.93. The summed E-state index contributed by atoms with van der Waals surface area (Å²) >= 11 is 0. The number of carboxylic acids is 1. The standard InChI is InChI=1S/C26H48N2O4/c1-11-19(8)16-26(12-2,13-3)25(32)27-21(14-17(4)5)23(29)28(10)22(18(6)7)15-20(9)24(30)31/h15,17-19,21-22H,11-14,16H2,1-10H3,(H,27,32)(H,30,31)/b20-15+/t19?,21-,22+/m0/s1. The number of aliphatic carboxylic acids is 1. The lowest BCUT2D eigenvalue weighted by atomic mass is 9.73. The van der Waals surface area contributed by atoms with Gasteiger partial charge in [-0.1, -0.05) is 67.9 Å². The molecule has 1 unspecified atom stereocenters. The highest BCUT2D eigenvalue weighted by molar-refractivity contribution is 5.90. The van der Waals surface area contributed by atoms with Crippen molar-refractivity contribution in [2.24, 2.45) is 23.2 Å². The van der Waals surface area contributed by atoms with Gasteiger partial charge < -0.3 is 15.3 Å². The summed E-state index contributed by atoms with van der Waals surface area (Å²) in [6.45, 7) is 17.9. The van der Waals surface area contributed by atoms with Gasteiger partial charge in [0.15, 0.2) is 0 Å². The summed E-state index contributed by atoms with van der Waals surface area (Å²) in [5, 5.41) is 12.4. The topological polar surface area (TPSA) is 86.7 Å². The van der Waals surface area contributed by atoms with Gasteiger partial charge >= 0.3 is 5.97 Å². The molecule has 0 aromatic carbocycles. The van der Waals surface area contributed by atoms with Crippen LogP contribution in [-0.2, 0) is 14.4 Å².